The van der Waals surface area contributed by atoms with Gasteiger partial charge < -0.3 is 5.73 Å². The zero-order valence-electron chi connectivity index (χ0n) is 6.04. The lowest BCUT2D eigenvalue weighted by Gasteiger charge is -2.04. The minimum atomic E-state index is -4.26. The van der Waals surface area contributed by atoms with Gasteiger partial charge in [-0.2, -0.15) is 18.3 Å². The molecule has 4 nitrogen and oxygen atoms in total. The van der Waals surface area contributed by atoms with Gasteiger partial charge in [-0.05, 0) is 0 Å². The lowest BCUT2D eigenvalue weighted by atomic mass is 10.6. The molecule has 0 amide bonds. The predicted molar refractivity (Wildman–Crippen MR) is 34.0 cm³/mol. The normalized spacial score (nSPS) is 12.0. The number of halogens is 3. The summed E-state index contributed by atoms with van der Waals surface area (Å²) in [6.45, 7) is -1.08. The standard InChI is InChI=1S/C5H7F3N4/c6-5(7,8)2-12-3-10-4(1-9)11-12/h3H,1-2,9H2. The van der Waals surface area contributed by atoms with Gasteiger partial charge in [0.2, 0.25) is 0 Å². The maximum Gasteiger partial charge on any atom is 0.408 e. The summed E-state index contributed by atoms with van der Waals surface area (Å²) in [5, 5.41) is 3.47. The molecule has 7 heteroatoms. The Morgan fingerprint density at radius 3 is 2.58 bits per heavy atom. The minimum absolute atomic E-state index is 0.0465. The van der Waals surface area contributed by atoms with Gasteiger partial charge in [0, 0.05) is 0 Å². The molecule has 0 saturated heterocycles. The Balaban J connectivity index is 2.64. The van der Waals surface area contributed by atoms with Crippen molar-refractivity contribution in [1.82, 2.24) is 14.8 Å². The first-order valence-electron chi connectivity index (χ1n) is 3.16. The summed E-state index contributed by atoms with van der Waals surface area (Å²) in [7, 11) is 0. The number of aromatic nitrogens is 3. The van der Waals surface area contributed by atoms with Crippen LogP contribution in [0.1, 0.15) is 5.82 Å². The molecule has 0 aliphatic carbocycles. The average molecular weight is 180 g/mol. The zero-order chi connectivity index (χ0) is 9.19. The zero-order valence-corrected chi connectivity index (χ0v) is 6.04. The topological polar surface area (TPSA) is 56.7 Å². The highest BCUT2D eigenvalue weighted by molar-refractivity contribution is 4.79. The first-order valence-corrected chi connectivity index (χ1v) is 3.16. The van der Waals surface area contributed by atoms with E-state index in [0.29, 0.717) is 4.68 Å². The van der Waals surface area contributed by atoms with Crippen molar-refractivity contribution < 1.29 is 13.2 Å². The minimum Gasteiger partial charge on any atom is -0.324 e. The van der Waals surface area contributed by atoms with E-state index in [1.807, 2.05) is 0 Å². The van der Waals surface area contributed by atoms with Crippen LogP contribution in [0.15, 0.2) is 6.33 Å². The molecule has 0 bridgehead atoms. The Kier molecular flexibility index (Phi) is 2.32. The molecule has 0 spiro atoms. The van der Waals surface area contributed by atoms with Gasteiger partial charge in [0.15, 0.2) is 5.82 Å². The molecule has 0 aromatic carbocycles. The van der Waals surface area contributed by atoms with Crippen molar-refractivity contribution in [3.05, 3.63) is 12.2 Å². The summed E-state index contributed by atoms with van der Waals surface area (Å²) < 4.78 is 35.9. The fourth-order valence-corrected chi connectivity index (χ4v) is 0.687. The monoisotopic (exact) mass is 180 g/mol. The van der Waals surface area contributed by atoms with Crippen molar-refractivity contribution in [1.29, 1.82) is 0 Å². The number of hydrogen-bond donors (Lipinski definition) is 1. The Morgan fingerprint density at radius 1 is 1.50 bits per heavy atom. The fraction of sp³-hybridized carbons (Fsp3) is 0.600. The Bertz CT molecular complexity index is 253. The van der Waals surface area contributed by atoms with Crippen molar-refractivity contribution in [2.45, 2.75) is 19.3 Å². The smallest absolute Gasteiger partial charge is 0.324 e. The molecule has 0 aliphatic heterocycles. The third-order valence-electron chi connectivity index (χ3n) is 1.11. The highest BCUT2D eigenvalue weighted by atomic mass is 19.4. The Labute approximate surface area is 66.2 Å². The molecule has 12 heavy (non-hydrogen) atoms. The van der Waals surface area contributed by atoms with Crippen LogP contribution >= 0.6 is 0 Å². The second kappa shape index (κ2) is 3.10. The van der Waals surface area contributed by atoms with E-state index < -0.39 is 12.7 Å². The Hall–Kier alpha value is -1.11. The third-order valence-corrected chi connectivity index (χ3v) is 1.11. The van der Waals surface area contributed by atoms with Crippen molar-refractivity contribution in [2.75, 3.05) is 0 Å². The van der Waals surface area contributed by atoms with Gasteiger partial charge in [0.1, 0.15) is 12.9 Å². The molecule has 0 unspecified atom stereocenters. The van der Waals surface area contributed by atoms with Crippen LogP contribution in [-0.4, -0.2) is 20.9 Å². The number of hydrogen-bond acceptors (Lipinski definition) is 3. The van der Waals surface area contributed by atoms with Crippen LogP contribution in [0.4, 0.5) is 13.2 Å². The van der Waals surface area contributed by atoms with Crippen molar-refractivity contribution in [3.8, 4) is 0 Å². The van der Waals surface area contributed by atoms with E-state index in [0.717, 1.165) is 6.33 Å². The van der Waals surface area contributed by atoms with Gasteiger partial charge in [-0.15, -0.1) is 0 Å². The molecule has 0 saturated carbocycles. The lowest BCUT2D eigenvalue weighted by molar-refractivity contribution is -0.142. The molecule has 68 valence electrons. The molecule has 1 aromatic rings. The summed E-state index contributed by atoms with van der Waals surface area (Å²) in [6.07, 6.45) is -3.25. The maximum atomic E-state index is 11.7. The average Bonchev–Trinajstić information content (AvgIpc) is 2.32. The van der Waals surface area contributed by atoms with E-state index >= 15 is 0 Å². The number of alkyl halides is 3. The molecule has 0 fully saturated rings. The molecular weight excluding hydrogens is 173 g/mol. The molecule has 0 atom stereocenters. The van der Waals surface area contributed by atoms with Crippen LogP contribution in [0.2, 0.25) is 0 Å². The molecular formula is C5H7F3N4. The van der Waals surface area contributed by atoms with Gasteiger partial charge in [-0.25, -0.2) is 9.67 Å². The fourth-order valence-electron chi connectivity index (χ4n) is 0.687. The summed E-state index contributed by atoms with van der Waals surface area (Å²) >= 11 is 0. The van der Waals surface area contributed by atoms with Crippen LogP contribution in [0.25, 0.3) is 0 Å². The van der Waals surface area contributed by atoms with Gasteiger partial charge >= 0.3 is 6.18 Å². The quantitative estimate of drug-likeness (QED) is 0.712. The summed E-state index contributed by atoms with van der Waals surface area (Å²) in [5.74, 6) is 0.208. The van der Waals surface area contributed by atoms with Crippen LogP contribution in [0.5, 0.6) is 0 Å². The van der Waals surface area contributed by atoms with E-state index in [1.165, 1.54) is 0 Å². The maximum absolute atomic E-state index is 11.7. The second-order valence-corrected chi connectivity index (χ2v) is 2.18. The van der Waals surface area contributed by atoms with Gasteiger partial charge in [0.05, 0.1) is 6.54 Å². The molecule has 1 aromatic heterocycles. The highest BCUT2D eigenvalue weighted by Crippen LogP contribution is 2.16. The number of rotatable bonds is 2. The van der Waals surface area contributed by atoms with E-state index in [1.54, 1.807) is 0 Å². The van der Waals surface area contributed by atoms with Crippen molar-refractivity contribution >= 4 is 0 Å². The first kappa shape index (κ1) is 8.98. The van der Waals surface area contributed by atoms with Crippen molar-refractivity contribution in [3.63, 3.8) is 0 Å². The van der Waals surface area contributed by atoms with Gasteiger partial charge in [-0.1, -0.05) is 0 Å². The summed E-state index contributed by atoms with van der Waals surface area (Å²) in [5.41, 5.74) is 5.11. The summed E-state index contributed by atoms with van der Waals surface area (Å²) in [6, 6.07) is 0. The largest absolute Gasteiger partial charge is 0.408 e. The van der Waals surface area contributed by atoms with E-state index in [9.17, 15) is 13.2 Å². The molecule has 1 heterocycles. The molecule has 0 aliphatic rings. The SMILES string of the molecule is NCc1ncn(CC(F)(F)F)n1. The van der Waals surface area contributed by atoms with Crippen LogP contribution in [-0.2, 0) is 13.1 Å². The second-order valence-electron chi connectivity index (χ2n) is 2.18. The molecule has 0 radical (unpaired) electrons. The summed E-state index contributed by atoms with van der Waals surface area (Å²) in [4.78, 5) is 3.55. The Morgan fingerprint density at radius 2 is 2.17 bits per heavy atom. The van der Waals surface area contributed by atoms with Crippen LogP contribution < -0.4 is 5.73 Å². The van der Waals surface area contributed by atoms with E-state index in [2.05, 4.69) is 10.1 Å². The molecule has 2 N–H and O–H groups in total. The van der Waals surface area contributed by atoms with Gasteiger partial charge in [0.25, 0.3) is 0 Å². The van der Waals surface area contributed by atoms with E-state index in [4.69, 9.17) is 5.73 Å². The predicted octanol–water partition coefficient (Wildman–Crippen LogP) is 0.299. The first-order chi connectivity index (χ1) is 5.51. The van der Waals surface area contributed by atoms with Crippen molar-refractivity contribution in [2.24, 2.45) is 5.73 Å². The van der Waals surface area contributed by atoms with Gasteiger partial charge in [-0.3, -0.25) is 0 Å². The number of nitrogens with zero attached hydrogens (tertiary/aromatic N) is 3. The third kappa shape index (κ3) is 2.50. The highest BCUT2D eigenvalue weighted by Gasteiger charge is 2.28. The lowest BCUT2D eigenvalue weighted by Crippen LogP contribution is -2.18. The van der Waals surface area contributed by atoms with Crippen LogP contribution in [0, 0.1) is 0 Å². The number of nitrogens with two attached hydrogens (primary N) is 1. The van der Waals surface area contributed by atoms with Crippen LogP contribution in [0.3, 0.4) is 0 Å². The van der Waals surface area contributed by atoms with E-state index in [-0.39, 0.29) is 12.4 Å². The molecule has 1 rings (SSSR count).